The second-order valence-electron chi connectivity index (χ2n) is 5.39. The molecular weight excluding hydrogens is 295 g/mol. The third kappa shape index (κ3) is 3.08. The largest absolute Gasteiger partial charge is 0.439 e. The number of halogens is 1. The minimum atomic E-state index is -0.352. The van der Waals surface area contributed by atoms with Crippen molar-refractivity contribution in [2.45, 2.75) is 26.2 Å². The van der Waals surface area contributed by atoms with Crippen molar-refractivity contribution < 1.29 is 13.6 Å². The summed E-state index contributed by atoms with van der Waals surface area (Å²) in [6, 6.07) is 11.4. The van der Waals surface area contributed by atoms with Crippen LogP contribution in [0.2, 0.25) is 0 Å². The Morgan fingerprint density at radius 1 is 1.26 bits per heavy atom. The number of aromatic nitrogens is 1. The number of amides is 1. The van der Waals surface area contributed by atoms with E-state index in [-0.39, 0.29) is 17.6 Å². The fourth-order valence-corrected chi connectivity index (χ4v) is 2.65. The molecule has 3 aromatic rings. The maximum absolute atomic E-state index is 13.1. The molecule has 0 aliphatic carbocycles. The highest BCUT2D eigenvalue weighted by Crippen LogP contribution is 2.27. The molecular formula is C18H17FN2O2. The van der Waals surface area contributed by atoms with E-state index in [1.54, 1.807) is 25.1 Å². The van der Waals surface area contributed by atoms with E-state index in [0.717, 1.165) is 5.56 Å². The highest BCUT2D eigenvalue weighted by Gasteiger charge is 2.20. The van der Waals surface area contributed by atoms with Crippen LogP contribution < -0.4 is 5.32 Å². The van der Waals surface area contributed by atoms with Crippen molar-refractivity contribution in [2.24, 2.45) is 0 Å². The van der Waals surface area contributed by atoms with Crippen LogP contribution in [-0.4, -0.2) is 10.9 Å². The summed E-state index contributed by atoms with van der Waals surface area (Å²) in [6.45, 7) is 3.69. The van der Waals surface area contributed by atoms with Crippen LogP contribution in [0.25, 0.3) is 11.1 Å². The number of fused-ring (bicyclic) bond motifs is 1. The molecule has 3 rings (SSSR count). The number of para-hydroxylation sites is 1. The molecule has 0 spiro atoms. The number of carbonyl (C=O) groups excluding carboxylic acids is 1. The minimum Gasteiger partial charge on any atom is -0.439 e. The van der Waals surface area contributed by atoms with Crippen LogP contribution in [0.1, 0.15) is 30.7 Å². The molecule has 0 saturated heterocycles. The number of nitrogens with one attached hydrogen (secondary N) is 1. The SMILES string of the molecule is CCC(C(=O)Nc1cccc2nc(C)oc12)c1ccc(F)cc1. The number of nitrogens with zero attached hydrogens (tertiary/aromatic N) is 1. The molecule has 0 radical (unpaired) electrons. The Hall–Kier alpha value is -2.69. The van der Waals surface area contributed by atoms with Gasteiger partial charge in [-0.3, -0.25) is 4.79 Å². The second-order valence-corrected chi connectivity index (χ2v) is 5.39. The molecule has 2 aromatic carbocycles. The van der Waals surface area contributed by atoms with Gasteiger partial charge < -0.3 is 9.73 Å². The predicted molar refractivity (Wildman–Crippen MR) is 86.8 cm³/mol. The Balaban J connectivity index is 1.88. The lowest BCUT2D eigenvalue weighted by atomic mass is 9.95. The molecule has 0 bridgehead atoms. The van der Waals surface area contributed by atoms with Crippen LogP contribution in [0, 0.1) is 12.7 Å². The Kier molecular flexibility index (Phi) is 4.10. The van der Waals surface area contributed by atoms with Gasteiger partial charge in [0, 0.05) is 6.92 Å². The zero-order valence-corrected chi connectivity index (χ0v) is 13.0. The standard InChI is InChI=1S/C18H17FN2O2/c1-3-14(12-7-9-13(19)10-8-12)18(22)21-16-6-4-5-15-17(16)23-11(2)20-15/h4-10,14H,3H2,1-2H3,(H,21,22). The normalized spacial score (nSPS) is 12.3. The van der Waals surface area contributed by atoms with Gasteiger partial charge in [0.15, 0.2) is 11.5 Å². The summed E-state index contributed by atoms with van der Waals surface area (Å²) < 4.78 is 18.6. The number of hydrogen-bond donors (Lipinski definition) is 1. The van der Waals surface area contributed by atoms with Crippen molar-refractivity contribution in [1.29, 1.82) is 0 Å². The van der Waals surface area contributed by atoms with Crippen molar-refractivity contribution >= 4 is 22.7 Å². The number of rotatable bonds is 4. The molecule has 1 N–H and O–H groups in total. The molecule has 0 saturated carbocycles. The smallest absolute Gasteiger partial charge is 0.232 e. The maximum Gasteiger partial charge on any atom is 0.232 e. The minimum absolute atomic E-state index is 0.152. The summed E-state index contributed by atoms with van der Waals surface area (Å²) in [5.41, 5.74) is 2.64. The van der Waals surface area contributed by atoms with Crippen LogP contribution in [0.15, 0.2) is 46.9 Å². The molecule has 5 heteroatoms. The first-order valence-electron chi connectivity index (χ1n) is 7.51. The van der Waals surface area contributed by atoms with E-state index < -0.39 is 0 Å². The van der Waals surface area contributed by atoms with E-state index in [2.05, 4.69) is 10.3 Å². The molecule has 0 fully saturated rings. The number of anilines is 1. The molecule has 0 aliphatic heterocycles. The Bertz CT molecular complexity index is 840. The molecule has 1 heterocycles. The lowest BCUT2D eigenvalue weighted by Gasteiger charge is -2.15. The first kappa shape index (κ1) is 15.2. The van der Waals surface area contributed by atoms with Gasteiger partial charge in [0.05, 0.1) is 11.6 Å². The van der Waals surface area contributed by atoms with Gasteiger partial charge in [0.25, 0.3) is 0 Å². The van der Waals surface area contributed by atoms with E-state index in [4.69, 9.17) is 4.42 Å². The predicted octanol–water partition coefficient (Wildman–Crippen LogP) is 4.41. The van der Waals surface area contributed by atoms with Crippen molar-refractivity contribution in [3.05, 3.63) is 59.7 Å². The second kappa shape index (κ2) is 6.20. The van der Waals surface area contributed by atoms with Gasteiger partial charge in [-0.15, -0.1) is 0 Å². The first-order valence-corrected chi connectivity index (χ1v) is 7.51. The Labute approximate surface area is 133 Å². The van der Waals surface area contributed by atoms with Gasteiger partial charge in [0.2, 0.25) is 5.91 Å². The van der Waals surface area contributed by atoms with Gasteiger partial charge in [0.1, 0.15) is 11.3 Å². The quantitative estimate of drug-likeness (QED) is 0.776. The van der Waals surface area contributed by atoms with Gasteiger partial charge in [-0.25, -0.2) is 9.37 Å². The third-order valence-corrected chi connectivity index (χ3v) is 3.78. The summed E-state index contributed by atoms with van der Waals surface area (Å²) in [5, 5.41) is 2.90. The maximum atomic E-state index is 13.1. The molecule has 23 heavy (non-hydrogen) atoms. The molecule has 1 unspecified atom stereocenters. The lowest BCUT2D eigenvalue weighted by Crippen LogP contribution is -2.20. The zero-order valence-electron chi connectivity index (χ0n) is 13.0. The number of oxazole rings is 1. The fourth-order valence-electron chi connectivity index (χ4n) is 2.65. The lowest BCUT2D eigenvalue weighted by molar-refractivity contribution is -0.117. The van der Waals surface area contributed by atoms with Crippen LogP contribution in [0.5, 0.6) is 0 Å². The average Bonchev–Trinajstić information content (AvgIpc) is 2.91. The number of carbonyl (C=O) groups is 1. The summed E-state index contributed by atoms with van der Waals surface area (Å²) in [7, 11) is 0. The van der Waals surface area contributed by atoms with E-state index in [0.29, 0.717) is 29.1 Å². The Morgan fingerprint density at radius 3 is 2.70 bits per heavy atom. The molecule has 4 nitrogen and oxygen atoms in total. The van der Waals surface area contributed by atoms with Crippen LogP contribution in [-0.2, 0) is 4.79 Å². The monoisotopic (exact) mass is 312 g/mol. The van der Waals surface area contributed by atoms with Crippen LogP contribution in [0.4, 0.5) is 10.1 Å². The molecule has 1 atom stereocenters. The number of aryl methyl sites for hydroxylation is 1. The Morgan fingerprint density at radius 2 is 2.00 bits per heavy atom. The van der Waals surface area contributed by atoms with Crippen molar-refractivity contribution in [3.63, 3.8) is 0 Å². The number of benzene rings is 2. The van der Waals surface area contributed by atoms with Gasteiger partial charge >= 0.3 is 0 Å². The van der Waals surface area contributed by atoms with E-state index in [1.165, 1.54) is 12.1 Å². The van der Waals surface area contributed by atoms with Crippen molar-refractivity contribution in [1.82, 2.24) is 4.98 Å². The summed E-state index contributed by atoms with van der Waals surface area (Å²) in [5.74, 6) is -0.270. The summed E-state index contributed by atoms with van der Waals surface area (Å²) >= 11 is 0. The van der Waals surface area contributed by atoms with Crippen LogP contribution >= 0.6 is 0 Å². The highest BCUT2D eigenvalue weighted by atomic mass is 19.1. The fraction of sp³-hybridized carbons (Fsp3) is 0.222. The van der Waals surface area contributed by atoms with E-state index in [1.807, 2.05) is 19.1 Å². The van der Waals surface area contributed by atoms with Gasteiger partial charge in [-0.2, -0.15) is 0 Å². The van der Waals surface area contributed by atoms with Crippen LogP contribution in [0.3, 0.4) is 0 Å². The summed E-state index contributed by atoms with van der Waals surface area (Å²) in [6.07, 6.45) is 0.614. The molecule has 118 valence electrons. The first-order chi connectivity index (χ1) is 11.1. The van der Waals surface area contributed by atoms with Gasteiger partial charge in [-0.05, 0) is 36.2 Å². The van der Waals surface area contributed by atoms with E-state index in [9.17, 15) is 9.18 Å². The molecule has 1 amide bonds. The average molecular weight is 312 g/mol. The topological polar surface area (TPSA) is 55.1 Å². The van der Waals surface area contributed by atoms with Crippen molar-refractivity contribution in [3.8, 4) is 0 Å². The van der Waals surface area contributed by atoms with E-state index >= 15 is 0 Å². The van der Waals surface area contributed by atoms with Crippen molar-refractivity contribution in [2.75, 3.05) is 5.32 Å². The third-order valence-electron chi connectivity index (χ3n) is 3.78. The highest BCUT2D eigenvalue weighted by molar-refractivity contribution is 6.01. The molecule has 1 aromatic heterocycles. The summed E-state index contributed by atoms with van der Waals surface area (Å²) in [4.78, 5) is 16.9. The van der Waals surface area contributed by atoms with Gasteiger partial charge in [-0.1, -0.05) is 25.1 Å². The number of hydrogen-bond acceptors (Lipinski definition) is 3. The molecule has 0 aliphatic rings. The zero-order chi connectivity index (χ0) is 16.4.